The average molecular weight is 188 g/mol. The Morgan fingerprint density at radius 1 is 1.17 bits per heavy atom. The Labute approximate surface area is 76.8 Å². The molecule has 0 heterocycles. The molecule has 0 bridgehead atoms. The SMILES string of the molecule is C=C(C)[Si](CC)(OCC)OCC. The van der Waals surface area contributed by atoms with Gasteiger partial charge in [0.1, 0.15) is 0 Å². The summed E-state index contributed by atoms with van der Waals surface area (Å²) in [7, 11) is -2.04. The normalized spacial score (nSPS) is 11.7. The molecule has 0 saturated heterocycles. The third-order valence-electron chi connectivity index (χ3n) is 1.87. The van der Waals surface area contributed by atoms with E-state index in [9.17, 15) is 0 Å². The molecule has 0 rings (SSSR count). The lowest BCUT2D eigenvalue weighted by molar-refractivity contribution is 0.192. The maximum absolute atomic E-state index is 5.70. The van der Waals surface area contributed by atoms with E-state index < -0.39 is 8.56 Å². The second-order valence-electron chi connectivity index (χ2n) is 2.75. The zero-order valence-electron chi connectivity index (χ0n) is 8.64. The van der Waals surface area contributed by atoms with E-state index in [0.717, 1.165) is 11.2 Å². The van der Waals surface area contributed by atoms with Crippen LogP contribution in [0.1, 0.15) is 27.7 Å². The summed E-state index contributed by atoms with van der Waals surface area (Å²) in [5.74, 6) is 0. The maximum atomic E-state index is 5.70. The van der Waals surface area contributed by atoms with E-state index >= 15 is 0 Å². The quantitative estimate of drug-likeness (QED) is 0.597. The minimum atomic E-state index is -2.04. The number of hydrogen-bond donors (Lipinski definition) is 0. The molecule has 0 aliphatic carbocycles. The Morgan fingerprint density at radius 3 is 1.75 bits per heavy atom. The van der Waals surface area contributed by atoms with E-state index in [1.54, 1.807) is 0 Å². The van der Waals surface area contributed by atoms with Crippen molar-refractivity contribution >= 4 is 8.56 Å². The highest BCUT2D eigenvalue weighted by atomic mass is 28.4. The van der Waals surface area contributed by atoms with Crippen LogP contribution in [0.5, 0.6) is 0 Å². The topological polar surface area (TPSA) is 18.5 Å². The third-order valence-corrected chi connectivity index (χ3v) is 5.61. The van der Waals surface area contributed by atoms with E-state index in [4.69, 9.17) is 8.85 Å². The van der Waals surface area contributed by atoms with Gasteiger partial charge in [-0.3, -0.25) is 0 Å². The molecule has 0 radical (unpaired) electrons. The zero-order chi connectivity index (χ0) is 9.61. The molecule has 0 unspecified atom stereocenters. The van der Waals surface area contributed by atoms with Crippen LogP contribution in [0.3, 0.4) is 0 Å². The van der Waals surface area contributed by atoms with Gasteiger partial charge in [-0.05, 0) is 32.0 Å². The fraction of sp³-hybridized carbons (Fsp3) is 0.778. The second kappa shape index (κ2) is 5.51. The highest BCUT2D eigenvalue weighted by molar-refractivity contribution is 6.74. The van der Waals surface area contributed by atoms with Crippen molar-refractivity contribution in [2.45, 2.75) is 33.7 Å². The van der Waals surface area contributed by atoms with Crippen molar-refractivity contribution in [1.82, 2.24) is 0 Å². The summed E-state index contributed by atoms with van der Waals surface area (Å²) >= 11 is 0. The van der Waals surface area contributed by atoms with Crippen molar-refractivity contribution in [3.63, 3.8) is 0 Å². The van der Waals surface area contributed by atoms with Gasteiger partial charge in [-0.1, -0.05) is 13.5 Å². The Morgan fingerprint density at radius 2 is 1.58 bits per heavy atom. The third kappa shape index (κ3) is 2.73. The Bertz CT molecular complexity index is 139. The molecular formula is C9H20O2Si. The smallest absolute Gasteiger partial charge is 0.367 e. The van der Waals surface area contributed by atoms with Gasteiger partial charge in [-0.15, -0.1) is 0 Å². The van der Waals surface area contributed by atoms with Crippen LogP contribution >= 0.6 is 0 Å². The molecule has 72 valence electrons. The first-order chi connectivity index (χ1) is 5.63. The monoisotopic (exact) mass is 188 g/mol. The van der Waals surface area contributed by atoms with Crippen LogP contribution in [0.4, 0.5) is 0 Å². The second-order valence-corrected chi connectivity index (χ2v) is 6.40. The molecule has 0 aromatic carbocycles. The van der Waals surface area contributed by atoms with Gasteiger partial charge in [-0.2, -0.15) is 0 Å². The molecule has 0 aliphatic heterocycles. The molecule has 0 atom stereocenters. The summed E-state index contributed by atoms with van der Waals surface area (Å²) in [5.41, 5.74) is 0. The van der Waals surface area contributed by atoms with E-state index in [1.165, 1.54) is 0 Å². The van der Waals surface area contributed by atoms with Crippen molar-refractivity contribution in [2.75, 3.05) is 13.2 Å². The molecule has 0 fully saturated rings. The minimum absolute atomic E-state index is 0.715. The van der Waals surface area contributed by atoms with Crippen LogP contribution < -0.4 is 0 Å². The minimum Gasteiger partial charge on any atom is -0.391 e. The van der Waals surface area contributed by atoms with Gasteiger partial charge in [0, 0.05) is 13.2 Å². The molecular weight excluding hydrogens is 168 g/mol. The standard InChI is InChI=1S/C9H20O2Si/c1-6-10-12(8-3,9(4)5)11-7-2/h4,6-8H2,1-3,5H3. The lowest BCUT2D eigenvalue weighted by Gasteiger charge is -2.28. The predicted octanol–water partition coefficient (Wildman–Crippen LogP) is 2.64. The van der Waals surface area contributed by atoms with Crippen LogP contribution in [0.25, 0.3) is 0 Å². The van der Waals surface area contributed by atoms with Crippen LogP contribution in [-0.4, -0.2) is 21.8 Å². The highest BCUT2D eigenvalue weighted by Gasteiger charge is 2.35. The first-order valence-corrected chi connectivity index (χ1v) is 6.59. The van der Waals surface area contributed by atoms with E-state index in [-0.39, 0.29) is 0 Å². The van der Waals surface area contributed by atoms with Gasteiger partial charge < -0.3 is 8.85 Å². The molecule has 0 N–H and O–H groups in total. The van der Waals surface area contributed by atoms with Crippen LogP contribution in [0.2, 0.25) is 6.04 Å². The Hall–Kier alpha value is -0.123. The Kier molecular flexibility index (Phi) is 5.45. The zero-order valence-corrected chi connectivity index (χ0v) is 9.64. The lowest BCUT2D eigenvalue weighted by atomic mass is 10.8. The number of rotatable bonds is 6. The molecule has 0 spiro atoms. The van der Waals surface area contributed by atoms with Crippen LogP contribution in [0, 0.1) is 0 Å². The average Bonchev–Trinajstić information content (AvgIpc) is 2.03. The summed E-state index contributed by atoms with van der Waals surface area (Å²) in [6.45, 7) is 13.5. The lowest BCUT2D eigenvalue weighted by Crippen LogP contribution is -2.43. The van der Waals surface area contributed by atoms with Gasteiger partial charge >= 0.3 is 8.56 Å². The van der Waals surface area contributed by atoms with Gasteiger partial charge in [0.2, 0.25) is 0 Å². The largest absolute Gasteiger partial charge is 0.391 e. The highest BCUT2D eigenvalue weighted by Crippen LogP contribution is 2.20. The predicted molar refractivity (Wildman–Crippen MR) is 54.3 cm³/mol. The van der Waals surface area contributed by atoms with Gasteiger partial charge in [0.25, 0.3) is 0 Å². The molecule has 0 aromatic heterocycles. The first kappa shape index (κ1) is 11.9. The summed E-state index contributed by atoms with van der Waals surface area (Å²) in [4.78, 5) is 0. The summed E-state index contributed by atoms with van der Waals surface area (Å²) in [6, 6.07) is 0.948. The summed E-state index contributed by atoms with van der Waals surface area (Å²) in [6.07, 6.45) is 0. The van der Waals surface area contributed by atoms with Crippen LogP contribution in [-0.2, 0) is 8.85 Å². The molecule has 0 aliphatic rings. The molecule has 3 heteroatoms. The van der Waals surface area contributed by atoms with Crippen molar-refractivity contribution in [3.05, 3.63) is 11.8 Å². The fourth-order valence-electron chi connectivity index (χ4n) is 1.26. The van der Waals surface area contributed by atoms with Crippen LogP contribution in [0.15, 0.2) is 11.8 Å². The van der Waals surface area contributed by atoms with Crippen molar-refractivity contribution in [1.29, 1.82) is 0 Å². The molecule has 2 nitrogen and oxygen atoms in total. The molecule has 12 heavy (non-hydrogen) atoms. The van der Waals surface area contributed by atoms with E-state index in [0.29, 0.717) is 13.2 Å². The van der Waals surface area contributed by atoms with Crippen molar-refractivity contribution < 1.29 is 8.85 Å². The van der Waals surface area contributed by atoms with Gasteiger partial charge in [-0.25, -0.2) is 0 Å². The first-order valence-electron chi connectivity index (χ1n) is 4.56. The number of hydrogen-bond acceptors (Lipinski definition) is 2. The van der Waals surface area contributed by atoms with Crippen molar-refractivity contribution in [2.24, 2.45) is 0 Å². The molecule has 0 amide bonds. The fourth-order valence-corrected chi connectivity index (χ4v) is 3.78. The van der Waals surface area contributed by atoms with Gasteiger partial charge in [0.05, 0.1) is 0 Å². The summed E-state index contributed by atoms with van der Waals surface area (Å²) < 4.78 is 11.4. The van der Waals surface area contributed by atoms with Gasteiger partial charge in [0.15, 0.2) is 0 Å². The van der Waals surface area contributed by atoms with Crippen molar-refractivity contribution in [3.8, 4) is 0 Å². The summed E-state index contributed by atoms with van der Waals surface area (Å²) in [5, 5.41) is 1.08. The van der Waals surface area contributed by atoms with E-state index in [1.807, 2.05) is 20.8 Å². The van der Waals surface area contributed by atoms with E-state index in [2.05, 4.69) is 13.5 Å². The molecule has 0 aromatic rings. The molecule has 0 saturated carbocycles. The number of allylic oxidation sites excluding steroid dienone is 1. The Balaban J connectivity index is 4.39. The maximum Gasteiger partial charge on any atom is 0.367 e.